The maximum absolute atomic E-state index is 13.2. The van der Waals surface area contributed by atoms with Crippen LogP contribution >= 0.6 is 12.2 Å². The van der Waals surface area contributed by atoms with E-state index in [0.717, 1.165) is 17.0 Å². The second-order valence-corrected chi connectivity index (χ2v) is 6.80. The SMILES string of the molecule is CCOc1cccc(N2C(=O)/C(=C\c3cc(OC)c(OC)cc3[N+](=O)[O-])C(=O)NC2=S)c1. The highest BCUT2D eigenvalue weighted by atomic mass is 32.1. The topological polar surface area (TPSA) is 120 Å². The summed E-state index contributed by atoms with van der Waals surface area (Å²) in [4.78, 5) is 37.8. The number of amides is 2. The molecular weight excluding hydrogens is 438 g/mol. The highest BCUT2D eigenvalue weighted by Gasteiger charge is 2.35. The van der Waals surface area contributed by atoms with Crippen molar-refractivity contribution in [3.05, 3.63) is 57.6 Å². The predicted octanol–water partition coefficient (Wildman–Crippen LogP) is 2.84. The zero-order valence-electron chi connectivity index (χ0n) is 17.4. The van der Waals surface area contributed by atoms with Gasteiger partial charge in [-0.05, 0) is 43.4 Å². The summed E-state index contributed by atoms with van der Waals surface area (Å²) in [6.45, 7) is 2.24. The normalized spacial score (nSPS) is 14.9. The van der Waals surface area contributed by atoms with Crippen LogP contribution in [0.1, 0.15) is 12.5 Å². The van der Waals surface area contributed by atoms with E-state index in [2.05, 4.69) is 5.32 Å². The number of nitro benzene ring substituents is 1. The largest absolute Gasteiger partial charge is 0.494 e. The van der Waals surface area contributed by atoms with Crippen LogP contribution in [-0.2, 0) is 9.59 Å². The molecule has 1 aliphatic heterocycles. The molecule has 2 aromatic rings. The van der Waals surface area contributed by atoms with Gasteiger partial charge in [-0.3, -0.25) is 29.9 Å². The highest BCUT2D eigenvalue weighted by molar-refractivity contribution is 7.80. The minimum Gasteiger partial charge on any atom is -0.494 e. The maximum atomic E-state index is 13.2. The van der Waals surface area contributed by atoms with E-state index in [4.69, 9.17) is 26.4 Å². The zero-order chi connectivity index (χ0) is 23.4. The molecule has 0 bridgehead atoms. The molecule has 166 valence electrons. The van der Waals surface area contributed by atoms with E-state index in [1.165, 1.54) is 20.3 Å². The fraction of sp³-hybridized carbons (Fsp3) is 0.190. The first-order valence-corrected chi connectivity index (χ1v) is 9.76. The molecule has 0 atom stereocenters. The van der Waals surface area contributed by atoms with Crippen LogP contribution < -0.4 is 24.4 Å². The van der Waals surface area contributed by atoms with Gasteiger partial charge in [0.05, 0.1) is 43.1 Å². The lowest BCUT2D eigenvalue weighted by molar-refractivity contribution is -0.385. The van der Waals surface area contributed by atoms with Gasteiger partial charge in [-0.1, -0.05) is 6.07 Å². The molecule has 1 fully saturated rings. The number of thiocarbonyl (C=S) groups is 1. The second kappa shape index (κ2) is 9.43. The molecule has 10 nitrogen and oxygen atoms in total. The molecule has 1 N–H and O–H groups in total. The number of anilines is 1. The Hall–Kier alpha value is -3.99. The van der Waals surface area contributed by atoms with Crippen molar-refractivity contribution in [3.8, 4) is 17.2 Å². The Bertz CT molecular complexity index is 1150. The van der Waals surface area contributed by atoms with Gasteiger partial charge in [-0.2, -0.15) is 0 Å². The van der Waals surface area contributed by atoms with E-state index in [1.54, 1.807) is 24.3 Å². The van der Waals surface area contributed by atoms with Crippen LogP contribution in [0.15, 0.2) is 42.0 Å². The summed E-state index contributed by atoms with van der Waals surface area (Å²) in [5.41, 5.74) is -0.342. The first-order valence-electron chi connectivity index (χ1n) is 9.35. The van der Waals surface area contributed by atoms with Crippen LogP contribution in [0.2, 0.25) is 0 Å². The Kier molecular flexibility index (Phi) is 6.69. The Labute approximate surface area is 188 Å². The average Bonchev–Trinajstić information content (AvgIpc) is 2.76. The summed E-state index contributed by atoms with van der Waals surface area (Å²) in [7, 11) is 2.71. The lowest BCUT2D eigenvalue weighted by Crippen LogP contribution is -2.54. The van der Waals surface area contributed by atoms with E-state index in [1.807, 2.05) is 6.92 Å². The molecule has 32 heavy (non-hydrogen) atoms. The van der Waals surface area contributed by atoms with Gasteiger partial charge >= 0.3 is 0 Å². The number of hydrogen-bond donors (Lipinski definition) is 1. The molecule has 0 aromatic heterocycles. The van der Waals surface area contributed by atoms with Gasteiger partial charge in [0.2, 0.25) is 0 Å². The minimum absolute atomic E-state index is 0.0121. The molecule has 2 amide bonds. The Balaban J connectivity index is 2.10. The van der Waals surface area contributed by atoms with Crippen molar-refractivity contribution in [1.29, 1.82) is 0 Å². The number of hydrogen-bond acceptors (Lipinski definition) is 8. The standard InChI is InChI=1S/C21H19N3O7S/c1-4-31-14-7-5-6-13(10-14)23-20(26)15(19(25)22-21(23)32)8-12-9-17(29-2)18(30-3)11-16(12)24(27)28/h5-11H,4H2,1-3H3,(H,22,25,32)/b15-8-. The van der Waals surface area contributed by atoms with Gasteiger partial charge in [0, 0.05) is 6.07 Å². The Morgan fingerprint density at radius 2 is 1.84 bits per heavy atom. The van der Waals surface area contributed by atoms with Crippen molar-refractivity contribution in [3.63, 3.8) is 0 Å². The van der Waals surface area contributed by atoms with Crippen LogP contribution in [0.5, 0.6) is 17.2 Å². The van der Waals surface area contributed by atoms with E-state index in [-0.39, 0.29) is 33.4 Å². The summed E-state index contributed by atoms with van der Waals surface area (Å²) < 4.78 is 15.7. The number of carbonyl (C=O) groups is 2. The van der Waals surface area contributed by atoms with Gasteiger partial charge in [0.25, 0.3) is 17.5 Å². The van der Waals surface area contributed by atoms with Crippen LogP contribution in [-0.4, -0.2) is 42.7 Å². The third-order valence-electron chi connectivity index (χ3n) is 4.52. The van der Waals surface area contributed by atoms with Gasteiger partial charge < -0.3 is 14.2 Å². The van der Waals surface area contributed by atoms with Crippen LogP contribution in [0.25, 0.3) is 6.08 Å². The van der Waals surface area contributed by atoms with E-state index in [0.29, 0.717) is 18.0 Å². The molecule has 0 radical (unpaired) electrons. The number of nitrogens with zero attached hydrogens (tertiary/aromatic N) is 2. The molecule has 1 aliphatic rings. The number of methoxy groups -OCH3 is 2. The van der Waals surface area contributed by atoms with E-state index >= 15 is 0 Å². The van der Waals surface area contributed by atoms with Crippen molar-refractivity contribution >= 4 is 46.6 Å². The summed E-state index contributed by atoms with van der Waals surface area (Å²) in [5, 5.41) is 13.9. The zero-order valence-corrected chi connectivity index (χ0v) is 18.2. The highest BCUT2D eigenvalue weighted by Crippen LogP contribution is 2.36. The average molecular weight is 457 g/mol. The predicted molar refractivity (Wildman–Crippen MR) is 120 cm³/mol. The summed E-state index contributed by atoms with van der Waals surface area (Å²) in [6.07, 6.45) is 1.12. The van der Waals surface area contributed by atoms with Crippen molar-refractivity contribution in [2.45, 2.75) is 6.92 Å². The van der Waals surface area contributed by atoms with Crippen molar-refractivity contribution < 1.29 is 28.7 Å². The van der Waals surface area contributed by atoms with Crippen LogP contribution in [0, 0.1) is 10.1 Å². The lowest BCUT2D eigenvalue weighted by Gasteiger charge is -2.29. The molecule has 0 spiro atoms. The van der Waals surface area contributed by atoms with Crippen molar-refractivity contribution in [2.75, 3.05) is 25.7 Å². The molecule has 2 aromatic carbocycles. The summed E-state index contributed by atoms with van der Waals surface area (Å²) in [6, 6.07) is 9.09. The van der Waals surface area contributed by atoms with E-state index < -0.39 is 16.7 Å². The molecular formula is C21H19N3O7S. The smallest absolute Gasteiger partial charge is 0.280 e. The van der Waals surface area contributed by atoms with Gasteiger partial charge in [0.1, 0.15) is 11.3 Å². The third kappa shape index (κ3) is 4.37. The third-order valence-corrected chi connectivity index (χ3v) is 4.80. The molecule has 0 unspecified atom stereocenters. The monoisotopic (exact) mass is 457 g/mol. The number of carbonyl (C=O) groups excluding carboxylic acids is 2. The van der Waals surface area contributed by atoms with Gasteiger partial charge in [-0.25, -0.2) is 0 Å². The summed E-state index contributed by atoms with van der Waals surface area (Å²) in [5.74, 6) is -0.668. The molecule has 3 rings (SSSR count). The first-order chi connectivity index (χ1) is 15.3. The Morgan fingerprint density at radius 1 is 1.16 bits per heavy atom. The minimum atomic E-state index is -0.777. The van der Waals surface area contributed by atoms with Gasteiger partial charge in [0.15, 0.2) is 16.6 Å². The number of nitro groups is 1. The molecule has 1 saturated heterocycles. The number of ether oxygens (including phenoxy) is 3. The number of benzene rings is 2. The van der Waals surface area contributed by atoms with Crippen molar-refractivity contribution in [2.24, 2.45) is 0 Å². The first kappa shape index (κ1) is 22.7. The molecule has 0 saturated carbocycles. The summed E-state index contributed by atoms with van der Waals surface area (Å²) >= 11 is 5.19. The van der Waals surface area contributed by atoms with E-state index in [9.17, 15) is 19.7 Å². The lowest BCUT2D eigenvalue weighted by atomic mass is 10.0. The number of nitrogens with one attached hydrogen (secondary N) is 1. The Morgan fingerprint density at radius 3 is 2.47 bits per heavy atom. The van der Waals surface area contributed by atoms with Crippen LogP contribution in [0.4, 0.5) is 11.4 Å². The fourth-order valence-corrected chi connectivity index (χ4v) is 3.37. The fourth-order valence-electron chi connectivity index (χ4n) is 3.08. The number of rotatable bonds is 7. The van der Waals surface area contributed by atoms with Crippen LogP contribution in [0.3, 0.4) is 0 Å². The molecule has 11 heteroatoms. The molecule has 0 aliphatic carbocycles. The van der Waals surface area contributed by atoms with Gasteiger partial charge in [-0.15, -0.1) is 0 Å². The van der Waals surface area contributed by atoms with Crippen molar-refractivity contribution in [1.82, 2.24) is 5.32 Å². The maximum Gasteiger partial charge on any atom is 0.280 e. The second-order valence-electron chi connectivity index (χ2n) is 6.41. The molecule has 1 heterocycles. The quantitative estimate of drug-likeness (QED) is 0.222.